The molecule has 1 heterocycles. The molecule has 0 fully saturated rings. The second-order valence-electron chi connectivity index (χ2n) is 5.86. The third-order valence-electron chi connectivity index (χ3n) is 4.02. The molecule has 138 valence electrons. The summed E-state index contributed by atoms with van der Waals surface area (Å²) in [6, 6.07) is 19.0. The molecule has 1 aromatic heterocycles. The molecule has 0 spiro atoms. The van der Waals surface area contributed by atoms with Gasteiger partial charge in [0.1, 0.15) is 10.7 Å². The van der Waals surface area contributed by atoms with Gasteiger partial charge in [0.05, 0.1) is 0 Å². The van der Waals surface area contributed by atoms with Crippen molar-refractivity contribution in [2.45, 2.75) is 5.22 Å². The lowest BCUT2D eigenvalue weighted by molar-refractivity contribution is -0.131. The van der Waals surface area contributed by atoms with Crippen molar-refractivity contribution in [3.8, 4) is 11.5 Å². The Morgan fingerprint density at radius 1 is 1.00 bits per heavy atom. The monoisotopic (exact) mass is 392 g/mol. The van der Waals surface area contributed by atoms with Crippen LogP contribution < -0.4 is 0 Å². The summed E-state index contributed by atoms with van der Waals surface area (Å²) >= 11 is 0.866. The smallest absolute Gasteiger partial charge is 0.342 e. The summed E-state index contributed by atoms with van der Waals surface area (Å²) in [5, 5.41) is 19.4. The average Bonchev–Trinajstić information content (AvgIpc) is 3.17. The molecule has 0 atom stereocenters. The van der Waals surface area contributed by atoms with Gasteiger partial charge in [-0.1, -0.05) is 42.5 Å². The van der Waals surface area contributed by atoms with Crippen LogP contribution in [0.2, 0.25) is 0 Å². The number of aromatic nitrogens is 2. The van der Waals surface area contributed by atoms with E-state index in [0.29, 0.717) is 5.56 Å². The van der Waals surface area contributed by atoms with Crippen molar-refractivity contribution < 1.29 is 18.7 Å². The zero-order valence-electron chi connectivity index (χ0n) is 14.4. The summed E-state index contributed by atoms with van der Waals surface area (Å²) in [7, 11) is 0. The minimum absolute atomic E-state index is 0.0469. The van der Waals surface area contributed by atoms with Crippen LogP contribution in [-0.4, -0.2) is 21.3 Å². The third kappa shape index (κ3) is 3.79. The highest BCUT2D eigenvalue weighted by atomic mass is 32.2. The number of fused-ring (bicyclic) bond motifs is 1. The molecule has 4 rings (SSSR count). The minimum Gasteiger partial charge on any atom is -0.477 e. The summed E-state index contributed by atoms with van der Waals surface area (Å²) in [6.45, 7) is 0. The fourth-order valence-electron chi connectivity index (χ4n) is 2.71. The van der Waals surface area contributed by atoms with E-state index in [1.165, 1.54) is 24.3 Å². The van der Waals surface area contributed by atoms with Gasteiger partial charge in [-0.15, -0.1) is 10.2 Å². The van der Waals surface area contributed by atoms with E-state index in [1.54, 1.807) is 6.08 Å². The van der Waals surface area contributed by atoms with Gasteiger partial charge >= 0.3 is 5.97 Å². The van der Waals surface area contributed by atoms with Crippen molar-refractivity contribution in [3.05, 3.63) is 83.0 Å². The van der Waals surface area contributed by atoms with Gasteiger partial charge in [0, 0.05) is 5.56 Å². The lowest BCUT2D eigenvalue weighted by atomic mass is 10.0. The Hall–Kier alpha value is -3.45. The van der Waals surface area contributed by atoms with Crippen molar-refractivity contribution >= 4 is 34.6 Å². The normalized spacial score (nSPS) is 11.7. The molecule has 4 aromatic rings. The number of halogens is 1. The van der Waals surface area contributed by atoms with Crippen LogP contribution in [0.25, 0.3) is 28.3 Å². The van der Waals surface area contributed by atoms with Crippen LogP contribution in [-0.2, 0) is 4.79 Å². The van der Waals surface area contributed by atoms with Gasteiger partial charge < -0.3 is 9.52 Å². The van der Waals surface area contributed by atoms with Crippen molar-refractivity contribution in [2.75, 3.05) is 0 Å². The van der Waals surface area contributed by atoms with Crippen LogP contribution >= 0.6 is 11.8 Å². The van der Waals surface area contributed by atoms with E-state index in [2.05, 4.69) is 10.2 Å². The van der Waals surface area contributed by atoms with Crippen molar-refractivity contribution in [1.82, 2.24) is 10.2 Å². The van der Waals surface area contributed by atoms with Gasteiger partial charge in [-0.2, -0.15) is 0 Å². The molecule has 7 heteroatoms. The van der Waals surface area contributed by atoms with E-state index < -0.39 is 5.97 Å². The standard InChI is InChI=1S/C21H13FN2O3S/c22-16-10-8-14(9-11-16)19-23-24-21(27-19)28-18(20(25)26)12-15-6-3-5-13-4-1-2-7-17(13)15/h1-12H,(H,25,26)/b18-12+. The van der Waals surface area contributed by atoms with Crippen LogP contribution in [0, 0.1) is 5.82 Å². The second kappa shape index (κ2) is 7.66. The van der Waals surface area contributed by atoms with Crippen LogP contribution in [0.1, 0.15) is 5.56 Å². The first-order valence-electron chi connectivity index (χ1n) is 8.30. The molecule has 5 nitrogen and oxygen atoms in total. The van der Waals surface area contributed by atoms with Gasteiger partial charge in [-0.3, -0.25) is 0 Å². The lowest BCUT2D eigenvalue weighted by Crippen LogP contribution is -1.97. The first-order chi connectivity index (χ1) is 13.6. The first kappa shape index (κ1) is 17.9. The molecule has 0 aliphatic rings. The van der Waals surface area contributed by atoms with Gasteiger partial charge in [-0.05, 0) is 58.4 Å². The number of carboxylic acids is 1. The highest BCUT2D eigenvalue weighted by molar-refractivity contribution is 8.03. The molecule has 0 aliphatic carbocycles. The number of rotatable bonds is 5. The Bertz CT molecular complexity index is 1180. The van der Waals surface area contributed by atoms with Crippen molar-refractivity contribution in [3.63, 3.8) is 0 Å². The molecule has 0 saturated heterocycles. The van der Waals surface area contributed by atoms with Crippen LogP contribution in [0.15, 0.2) is 81.3 Å². The van der Waals surface area contributed by atoms with Crippen LogP contribution in [0.4, 0.5) is 4.39 Å². The van der Waals surface area contributed by atoms with E-state index in [4.69, 9.17) is 4.42 Å². The molecular formula is C21H13FN2O3S. The maximum Gasteiger partial charge on any atom is 0.342 e. The van der Waals surface area contributed by atoms with Crippen LogP contribution in [0.3, 0.4) is 0 Å². The predicted octanol–water partition coefficient (Wildman–Crippen LogP) is 5.25. The Balaban J connectivity index is 1.65. The number of carboxylic acid groups (broad SMARTS) is 1. The first-order valence-corrected chi connectivity index (χ1v) is 9.12. The highest BCUT2D eigenvalue weighted by Crippen LogP contribution is 2.31. The molecule has 28 heavy (non-hydrogen) atoms. The molecule has 0 bridgehead atoms. The maximum absolute atomic E-state index is 13.0. The molecule has 0 radical (unpaired) electrons. The average molecular weight is 392 g/mol. The van der Waals surface area contributed by atoms with E-state index >= 15 is 0 Å². The Labute approximate surface area is 163 Å². The quantitative estimate of drug-likeness (QED) is 0.369. The molecular weight excluding hydrogens is 379 g/mol. The zero-order chi connectivity index (χ0) is 19.5. The number of nitrogens with zero attached hydrogens (tertiary/aromatic N) is 2. The summed E-state index contributed by atoms with van der Waals surface area (Å²) in [5.41, 5.74) is 1.33. The van der Waals surface area contributed by atoms with Gasteiger partial charge in [-0.25, -0.2) is 9.18 Å². The number of carbonyl (C=O) groups is 1. The third-order valence-corrected chi connectivity index (χ3v) is 4.87. The van der Waals surface area contributed by atoms with Gasteiger partial charge in [0.2, 0.25) is 5.89 Å². The van der Waals surface area contributed by atoms with E-state index in [9.17, 15) is 14.3 Å². The summed E-state index contributed by atoms with van der Waals surface area (Å²) in [5.74, 6) is -1.28. The van der Waals surface area contributed by atoms with E-state index in [1.807, 2.05) is 42.5 Å². The fourth-order valence-corrected chi connectivity index (χ4v) is 3.37. The van der Waals surface area contributed by atoms with Crippen LogP contribution in [0.5, 0.6) is 0 Å². The number of aliphatic carboxylic acids is 1. The minimum atomic E-state index is -1.10. The number of benzene rings is 3. The fraction of sp³-hybridized carbons (Fsp3) is 0. The molecule has 1 N–H and O–H groups in total. The summed E-state index contributed by atoms with van der Waals surface area (Å²) in [6.07, 6.45) is 1.58. The Kier molecular flexibility index (Phi) is 4.90. The van der Waals surface area contributed by atoms with Crippen molar-refractivity contribution in [2.24, 2.45) is 0 Å². The van der Waals surface area contributed by atoms with E-state index in [0.717, 1.165) is 28.1 Å². The maximum atomic E-state index is 13.0. The SMILES string of the molecule is O=C(O)/C(=C\c1cccc2ccccc12)Sc1nnc(-c2ccc(F)cc2)o1. The Morgan fingerprint density at radius 3 is 2.54 bits per heavy atom. The summed E-state index contributed by atoms with van der Waals surface area (Å²) < 4.78 is 18.6. The molecule has 0 aliphatic heterocycles. The molecule has 0 saturated carbocycles. The number of thioether (sulfide) groups is 1. The van der Waals surface area contributed by atoms with Crippen molar-refractivity contribution in [1.29, 1.82) is 0 Å². The molecule has 0 unspecified atom stereocenters. The Morgan fingerprint density at radius 2 is 1.75 bits per heavy atom. The highest BCUT2D eigenvalue weighted by Gasteiger charge is 2.16. The predicted molar refractivity (Wildman–Crippen MR) is 105 cm³/mol. The topological polar surface area (TPSA) is 76.2 Å². The number of hydrogen-bond acceptors (Lipinski definition) is 5. The van der Waals surface area contributed by atoms with Gasteiger partial charge in [0.15, 0.2) is 0 Å². The van der Waals surface area contributed by atoms with E-state index in [-0.39, 0.29) is 21.8 Å². The van der Waals surface area contributed by atoms with Gasteiger partial charge in [0.25, 0.3) is 5.22 Å². The molecule has 3 aromatic carbocycles. The molecule has 0 amide bonds. The zero-order valence-corrected chi connectivity index (χ0v) is 15.2. The largest absolute Gasteiger partial charge is 0.477 e. The summed E-state index contributed by atoms with van der Waals surface area (Å²) in [4.78, 5) is 11.8. The second-order valence-corrected chi connectivity index (χ2v) is 6.86. The number of hydrogen-bond donors (Lipinski definition) is 1. The lowest BCUT2D eigenvalue weighted by Gasteiger charge is -2.04.